The molecule has 0 spiro atoms. The summed E-state index contributed by atoms with van der Waals surface area (Å²) in [4.78, 5) is 0. The van der Waals surface area contributed by atoms with E-state index in [1.165, 1.54) is 26.4 Å². The molecular weight excluding hydrogens is 283 g/mol. The van der Waals surface area contributed by atoms with Gasteiger partial charge in [0, 0.05) is 11.6 Å². The van der Waals surface area contributed by atoms with Gasteiger partial charge in [-0.15, -0.1) is 0 Å². The first-order valence-electron chi connectivity index (χ1n) is 5.91. The third-order valence-electron chi connectivity index (χ3n) is 2.99. The van der Waals surface area contributed by atoms with Gasteiger partial charge in [0.2, 0.25) is 0 Å². The van der Waals surface area contributed by atoms with E-state index >= 15 is 0 Å². The number of hydrogen-bond donors (Lipinski definition) is 1. The van der Waals surface area contributed by atoms with Crippen LogP contribution in [0, 0.1) is 5.82 Å². The highest BCUT2D eigenvalue weighted by Gasteiger charge is 2.17. The Bertz CT molecular complexity index is 616. The molecule has 0 aliphatic carbocycles. The van der Waals surface area contributed by atoms with E-state index in [9.17, 15) is 9.50 Å². The summed E-state index contributed by atoms with van der Waals surface area (Å²) < 4.78 is 23.9. The van der Waals surface area contributed by atoms with Crippen LogP contribution in [0.25, 0.3) is 0 Å². The van der Waals surface area contributed by atoms with Gasteiger partial charge in [-0.2, -0.15) is 0 Å². The SMILES string of the molecule is COc1ccc(C(O)c2ccc(OC)c(Cl)c2)c(F)c1. The van der Waals surface area contributed by atoms with E-state index in [2.05, 4.69) is 0 Å². The summed E-state index contributed by atoms with van der Waals surface area (Å²) in [5.74, 6) is 0.354. The van der Waals surface area contributed by atoms with E-state index < -0.39 is 11.9 Å². The summed E-state index contributed by atoms with van der Waals surface area (Å²) in [5.41, 5.74) is 0.645. The number of ether oxygens (including phenoxy) is 2. The number of halogens is 2. The summed E-state index contributed by atoms with van der Waals surface area (Å²) in [5, 5.41) is 10.6. The van der Waals surface area contributed by atoms with Crippen LogP contribution in [0.4, 0.5) is 4.39 Å². The van der Waals surface area contributed by atoms with Gasteiger partial charge in [-0.3, -0.25) is 0 Å². The molecule has 3 nitrogen and oxygen atoms in total. The minimum atomic E-state index is -1.11. The van der Waals surface area contributed by atoms with Crippen molar-refractivity contribution < 1.29 is 19.0 Å². The standard InChI is InChI=1S/C15H14ClFO3/c1-19-10-4-5-11(13(17)8-10)15(18)9-3-6-14(20-2)12(16)7-9/h3-8,15,18H,1-2H3. The molecule has 0 aliphatic rings. The van der Waals surface area contributed by atoms with Crippen LogP contribution in [0.1, 0.15) is 17.2 Å². The molecule has 5 heteroatoms. The van der Waals surface area contributed by atoms with Crippen LogP contribution in [0.2, 0.25) is 5.02 Å². The summed E-state index contributed by atoms with van der Waals surface area (Å²) in [6.07, 6.45) is -1.11. The maximum Gasteiger partial charge on any atom is 0.137 e. The van der Waals surface area contributed by atoms with Gasteiger partial charge in [0.25, 0.3) is 0 Å². The molecule has 0 heterocycles. The molecule has 2 aromatic rings. The van der Waals surface area contributed by atoms with Crippen LogP contribution < -0.4 is 9.47 Å². The summed E-state index contributed by atoms with van der Waals surface area (Å²) in [6.45, 7) is 0. The van der Waals surface area contributed by atoms with Crippen molar-refractivity contribution in [3.05, 3.63) is 58.4 Å². The molecule has 0 aromatic heterocycles. The summed E-state index contributed by atoms with van der Waals surface area (Å²) in [6, 6.07) is 9.11. The van der Waals surface area contributed by atoms with E-state index in [1.807, 2.05) is 0 Å². The number of aliphatic hydroxyl groups excluding tert-OH is 1. The van der Waals surface area contributed by atoms with E-state index in [0.29, 0.717) is 22.1 Å². The minimum absolute atomic E-state index is 0.159. The molecule has 0 saturated carbocycles. The second-order valence-electron chi connectivity index (χ2n) is 4.18. The summed E-state index contributed by atoms with van der Waals surface area (Å²) >= 11 is 6.00. The van der Waals surface area contributed by atoms with Crippen LogP contribution >= 0.6 is 11.6 Å². The van der Waals surface area contributed by atoms with Crippen LogP contribution in [0.3, 0.4) is 0 Å². The average molecular weight is 297 g/mol. The monoisotopic (exact) mass is 296 g/mol. The molecule has 20 heavy (non-hydrogen) atoms. The van der Waals surface area contributed by atoms with Crippen molar-refractivity contribution in [3.8, 4) is 11.5 Å². The number of methoxy groups -OCH3 is 2. The van der Waals surface area contributed by atoms with Crippen molar-refractivity contribution in [1.82, 2.24) is 0 Å². The van der Waals surface area contributed by atoms with Gasteiger partial charge >= 0.3 is 0 Å². The zero-order valence-electron chi connectivity index (χ0n) is 11.1. The van der Waals surface area contributed by atoms with Gasteiger partial charge in [0.1, 0.15) is 23.4 Å². The van der Waals surface area contributed by atoms with Crippen molar-refractivity contribution >= 4 is 11.6 Å². The molecule has 1 N–H and O–H groups in total. The molecule has 0 aliphatic heterocycles. The lowest BCUT2D eigenvalue weighted by molar-refractivity contribution is 0.214. The fraction of sp³-hybridized carbons (Fsp3) is 0.200. The van der Waals surface area contributed by atoms with Gasteiger partial charge in [-0.1, -0.05) is 17.7 Å². The maximum atomic E-state index is 13.9. The molecule has 0 fully saturated rings. The molecule has 106 valence electrons. The fourth-order valence-electron chi connectivity index (χ4n) is 1.89. The highest BCUT2D eigenvalue weighted by Crippen LogP contribution is 2.32. The van der Waals surface area contributed by atoms with Crippen LogP contribution in [-0.4, -0.2) is 19.3 Å². The Balaban J connectivity index is 2.35. The molecule has 0 amide bonds. The maximum absolute atomic E-state index is 13.9. The number of aliphatic hydroxyl groups is 1. The lowest BCUT2D eigenvalue weighted by Gasteiger charge is -2.14. The largest absolute Gasteiger partial charge is 0.497 e. The number of hydrogen-bond acceptors (Lipinski definition) is 3. The van der Waals surface area contributed by atoms with Crippen molar-refractivity contribution in [2.75, 3.05) is 14.2 Å². The van der Waals surface area contributed by atoms with Crippen molar-refractivity contribution in [2.45, 2.75) is 6.10 Å². The Kier molecular flexibility index (Phi) is 4.47. The normalized spacial score (nSPS) is 12.1. The minimum Gasteiger partial charge on any atom is -0.497 e. The molecule has 2 rings (SSSR count). The highest BCUT2D eigenvalue weighted by molar-refractivity contribution is 6.32. The molecule has 0 bridgehead atoms. The second kappa shape index (κ2) is 6.11. The lowest BCUT2D eigenvalue weighted by Crippen LogP contribution is -2.03. The Labute approximate surface area is 121 Å². The van der Waals surface area contributed by atoms with Crippen LogP contribution in [0.15, 0.2) is 36.4 Å². The quantitative estimate of drug-likeness (QED) is 0.937. The van der Waals surface area contributed by atoms with E-state index in [0.717, 1.165) is 0 Å². The van der Waals surface area contributed by atoms with Gasteiger partial charge < -0.3 is 14.6 Å². The molecule has 0 saturated heterocycles. The third kappa shape index (κ3) is 2.86. The first-order valence-corrected chi connectivity index (χ1v) is 6.29. The lowest BCUT2D eigenvalue weighted by atomic mass is 10.0. The van der Waals surface area contributed by atoms with Gasteiger partial charge in [0.05, 0.1) is 19.2 Å². The third-order valence-corrected chi connectivity index (χ3v) is 3.29. The van der Waals surface area contributed by atoms with Crippen LogP contribution in [0.5, 0.6) is 11.5 Å². The Morgan fingerprint density at radius 2 is 1.85 bits per heavy atom. The topological polar surface area (TPSA) is 38.7 Å². The van der Waals surface area contributed by atoms with E-state index in [4.69, 9.17) is 21.1 Å². The van der Waals surface area contributed by atoms with Gasteiger partial charge in [-0.25, -0.2) is 4.39 Å². The molecule has 1 atom stereocenters. The molecule has 0 radical (unpaired) electrons. The fourth-order valence-corrected chi connectivity index (χ4v) is 2.15. The zero-order chi connectivity index (χ0) is 14.7. The zero-order valence-corrected chi connectivity index (χ0v) is 11.8. The van der Waals surface area contributed by atoms with E-state index in [-0.39, 0.29) is 5.56 Å². The molecule has 2 aromatic carbocycles. The Morgan fingerprint density at radius 1 is 1.10 bits per heavy atom. The first kappa shape index (κ1) is 14.6. The summed E-state index contributed by atoms with van der Waals surface area (Å²) in [7, 11) is 2.95. The second-order valence-corrected chi connectivity index (χ2v) is 4.59. The van der Waals surface area contributed by atoms with Gasteiger partial charge in [-0.05, 0) is 29.8 Å². The molecule has 1 unspecified atom stereocenters. The predicted molar refractivity (Wildman–Crippen MR) is 75.0 cm³/mol. The smallest absolute Gasteiger partial charge is 0.137 e. The van der Waals surface area contributed by atoms with Crippen molar-refractivity contribution in [3.63, 3.8) is 0 Å². The number of rotatable bonds is 4. The Morgan fingerprint density at radius 3 is 2.40 bits per heavy atom. The van der Waals surface area contributed by atoms with Crippen molar-refractivity contribution in [1.29, 1.82) is 0 Å². The van der Waals surface area contributed by atoms with Crippen LogP contribution in [-0.2, 0) is 0 Å². The van der Waals surface area contributed by atoms with Crippen molar-refractivity contribution in [2.24, 2.45) is 0 Å². The number of benzene rings is 2. The Hall–Kier alpha value is -1.78. The average Bonchev–Trinajstić information content (AvgIpc) is 2.46. The van der Waals surface area contributed by atoms with Gasteiger partial charge in [0.15, 0.2) is 0 Å². The highest BCUT2D eigenvalue weighted by atomic mass is 35.5. The van der Waals surface area contributed by atoms with E-state index in [1.54, 1.807) is 24.3 Å². The predicted octanol–water partition coefficient (Wildman–Crippen LogP) is 3.58. The first-order chi connectivity index (χ1) is 9.56. The molecular formula is C15H14ClFO3.